The molecule has 0 aromatic rings. The van der Waals surface area contributed by atoms with E-state index in [0.29, 0.717) is 30.3 Å². The molecule has 0 saturated carbocycles. The molecule has 0 bridgehead atoms. The summed E-state index contributed by atoms with van der Waals surface area (Å²) in [6.45, 7) is 10.9. The summed E-state index contributed by atoms with van der Waals surface area (Å²) in [7, 11) is 1.98. The Morgan fingerprint density at radius 3 is 2.71 bits per heavy atom. The van der Waals surface area contributed by atoms with E-state index in [4.69, 9.17) is 4.74 Å². The minimum Gasteiger partial charge on any atom is -0.375 e. The molecule has 2 aliphatic rings. The van der Waals surface area contributed by atoms with E-state index in [1.165, 1.54) is 12.2 Å². The highest BCUT2D eigenvalue weighted by molar-refractivity contribution is 8.00. The number of ether oxygens (including phenoxy) is 1. The SMILES string of the molecule is CNC(C)(C)CCOC(C)(C)CCNC(=O)CCCCC1SCC2NCNC21. The van der Waals surface area contributed by atoms with Gasteiger partial charge in [-0.3, -0.25) is 15.4 Å². The second-order valence-electron chi connectivity index (χ2n) is 9.43. The Kier molecular flexibility index (Phi) is 9.54. The average molecular weight is 415 g/mol. The van der Waals surface area contributed by atoms with Crippen LogP contribution in [0.3, 0.4) is 0 Å². The van der Waals surface area contributed by atoms with Crippen LogP contribution in [0.5, 0.6) is 0 Å². The van der Waals surface area contributed by atoms with Gasteiger partial charge in [0, 0.05) is 54.9 Å². The van der Waals surface area contributed by atoms with Gasteiger partial charge < -0.3 is 15.4 Å². The molecule has 3 unspecified atom stereocenters. The van der Waals surface area contributed by atoms with Crippen molar-refractivity contribution in [3.05, 3.63) is 0 Å². The largest absolute Gasteiger partial charge is 0.375 e. The Balaban J connectivity index is 1.50. The molecule has 0 aliphatic carbocycles. The lowest BCUT2D eigenvalue weighted by Crippen LogP contribution is -2.39. The predicted octanol–water partition coefficient (Wildman–Crippen LogP) is 2.24. The van der Waals surface area contributed by atoms with Gasteiger partial charge in [-0.1, -0.05) is 6.42 Å². The number of carbonyl (C=O) groups is 1. The van der Waals surface area contributed by atoms with Crippen LogP contribution in [-0.4, -0.2) is 67.0 Å². The summed E-state index contributed by atoms with van der Waals surface area (Å²) in [5, 5.41) is 14.1. The molecule has 2 rings (SSSR count). The van der Waals surface area contributed by atoms with Gasteiger partial charge in [0.05, 0.1) is 5.60 Å². The molecule has 164 valence electrons. The van der Waals surface area contributed by atoms with Crippen LogP contribution in [-0.2, 0) is 9.53 Å². The van der Waals surface area contributed by atoms with E-state index in [-0.39, 0.29) is 17.0 Å². The van der Waals surface area contributed by atoms with Crippen molar-refractivity contribution in [1.82, 2.24) is 21.3 Å². The predicted molar refractivity (Wildman–Crippen MR) is 119 cm³/mol. The van der Waals surface area contributed by atoms with Crippen LogP contribution in [0.15, 0.2) is 0 Å². The Hall–Kier alpha value is -0.340. The molecule has 0 aromatic carbocycles. The van der Waals surface area contributed by atoms with Crippen molar-refractivity contribution < 1.29 is 9.53 Å². The first-order valence-corrected chi connectivity index (χ1v) is 12.0. The van der Waals surface area contributed by atoms with Crippen molar-refractivity contribution in [2.24, 2.45) is 0 Å². The summed E-state index contributed by atoms with van der Waals surface area (Å²) in [6.07, 6.45) is 5.75. The van der Waals surface area contributed by atoms with Crippen molar-refractivity contribution in [2.45, 2.75) is 94.7 Å². The first kappa shape index (κ1) is 23.9. The zero-order valence-electron chi connectivity index (χ0n) is 18.5. The van der Waals surface area contributed by atoms with Crippen molar-refractivity contribution in [3.63, 3.8) is 0 Å². The van der Waals surface area contributed by atoms with Crippen LogP contribution < -0.4 is 21.3 Å². The Morgan fingerprint density at radius 2 is 1.96 bits per heavy atom. The van der Waals surface area contributed by atoms with Gasteiger partial charge in [-0.15, -0.1) is 0 Å². The molecule has 2 fully saturated rings. The first-order valence-electron chi connectivity index (χ1n) is 10.9. The highest BCUT2D eigenvalue weighted by Gasteiger charge is 2.38. The number of rotatable bonds is 13. The van der Waals surface area contributed by atoms with E-state index in [9.17, 15) is 4.79 Å². The third-order valence-electron chi connectivity index (χ3n) is 6.11. The van der Waals surface area contributed by atoms with Crippen LogP contribution in [0.4, 0.5) is 0 Å². The number of thioether (sulfide) groups is 1. The molecule has 6 nitrogen and oxygen atoms in total. The lowest BCUT2D eigenvalue weighted by Gasteiger charge is -2.29. The maximum absolute atomic E-state index is 12.1. The standard InChI is InChI=1S/C21H42N4O2S/c1-20(2,22-5)11-13-27-21(3,4)10-12-23-18(26)9-7-6-8-17-19-16(14-28-17)24-15-25-19/h16-17,19,22,24-25H,6-15H2,1-5H3,(H,23,26). The Morgan fingerprint density at radius 1 is 1.18 bits per heavy atom. The number of hydrogen-bond acceptors (Lipinski definition) is 6. The molecular formula is C21H42N4O2S. The van der Waals surface area contributed by atoms with E-state index in [1.54, 1.807) is 0 Å². The molecule has 2 aliphatic heterocycles. The van der Waals surface area contributed by atoms with Crippen LogP contribution in [0.1, 0.15) is 66.2 Å². The van der Waals surface area contributed by atoms with Crippen molar-refractivity contribution in [3.8, 4) is 0 Å². The van der Waals surface area contributed by atoms with Crippen molar-refractivity contribution in [2.75, 3.05) is 32.6 Å². The smallest absolute Gasteiger partial charge is 0.219 e. The van der Waals surface area contributed by atoms with E-state index < -0.39 is 0 Å². The van der Waals surface area contributed by atoms with Gasteiger partial charge in [0.15, 0.2) is 0 Å². The van der Waals surface area contributed by atoms with Crippen molar-refractivity contribution >= 4 is 17.7 Å². The molecule has 4 N–H and O–H groups in total. The van der Waals surface area contributed by atoms with Gasteiger partial charge in [0.2, 0.25) is 5.91 Å². The van der Waals surface area contributed by atoms with Gasteiger partial charge in [0.1, 0.15) is 0 Å². The van der Waals surface area contributed by atoms with E-state index in [1.807, 2.05) is 7.05 Å². The second kappa shape index (κ2) is 11.2. The Labute approximate surface area is 176 Å². The lowest BCUT2D eigenvalue weighted by molar-refractivity contribution is -0.121. The lowest BCUT2D eigenvalue weighted by atomic mass is 10.0. The molecule has 0 radical (unpaired) electrons. The molecule has 1 amide bonds. The summed E-state index contributed by atoms with van der Waals surface area (Å²) in [6, 6.07) is 1.27. The third kappa shape index (κ3) is 8.19. The molecule has 28 heavy (non-hydrogen) atoms. The highest BCUT2D eigenvalue weighted by Crippen LogP contribution is 2.32. The fourth-order valence-corrected chi connectivity index (χ4v) is 5.33. The molecule has 0 aromatic heterocycles. The molecule has 2 heterocycles. The maximum atomic E-state index is 12.1. The summed E-state index contributed by atoms with van der Waals surface area (Å²) >= 11 is 2.08. The number of nitrogens with one attached hydrogen (secondary N) is 4. The summed E-state index contributed by atoms with van der Waals surface area (Å²) in [5.41, 5.74) is -0.123. The highest BCUT2D eigenvalue weighted by atomic mass is 32.2. The van der Waals surface area contributed by atoms with Gasteiger partial charge in [-0.2, -0.15) is 11.8 Å². The van der Waals surface area contributed by atoms with Crippen LogP contribution >= 0.6 is 11.8 Å². The van der Waals surface area contributed by atoms with E-state index >= 15 is 0 Å². The molecule has 7 heteroatoms. The summed E-state index contributed by atoms with van der Waals surface area (Å²) < 4.78 is 6.03. The number of fused-ring (bicyclic) bond motifs is 1. The number of carbonyl (C=O) groups excluding carboxylic acids is 1. The molecule has 2 saturated heterocycles. The number of unbranched alkanes of at least 4 members (excludes halogenated alkanes) is 1. The minimum absolute atomic E-state index is 0.0898. The van der Waals surface area contributed by atoms with Gasteiger partial charge in [0.25, 0.3) is 0 Å². The number of hydrogen-bond donors (Lipinski definition) is 4. The van der Waals surface area contributed by atoms with E-state index in [2.05, 4.69) is 60.7 Å². The zero-order chi connectivity index (χ0) is 20.6. The van der Waals surface area contributed by atoms with Gasteiger partial charge in [-0.25, -0.2) is 0 Å². The summed E-state index contributed by atoms with van der Waals surface area (Å²) in [5.74, 6) is 1.39. The van der Waals surface area contributed by atoms with Gasteiger partial charge in [-0.05, 0) is 60.4 Å². The topological polar surface area (TPSA) is 74.4 Å². The van der Waals surface area contributed by atoms with Crippen LogP contribution in [0.25, 0.3) is 0 Å². The maximum Gasteiger partial charge on any atom is 0.219 e. The molecular weight excluding hydrogens is 372 g/mol. The second-order valence-corrected chi connectivity index (χ2v) is 10.7. The monoisotopic (exact) mass is 414 g/mol. The first-order chi connectivity index (χ1) is 13.2. The Bertz CT molecular complexity index is 487. The van der Waals surface area contributed by atoms with Crippen molar-refractivity contribution in [1.29, 1.82) is 0 Å². The normalized spacial score (nSPS) is 25.1. The fraction of sp³-hybridized carbons (Fsp3) is 0.952. The number of amides is 1. The van der Waals surface area contributed by atoms with Crippen LogP contribution in [0, 0.1) is 0 Å². The quantitative estimate of drug-likeness (QED) is 0.346. The third-order valence-corrected chi connectivity index (χ3v) is 7.62. The van der Waals surface area contributed by atoms with E-state index in [0.717, 1.165) is 39.0 Å². The molecule has 0 spiro atoms. The van der Waals surface area contributed by atoms with Crippen LogP contribution in [0.2, 0.25) is 0 Å². The van der Waals surface area contributed by atoms with Gasteiger partial charge >= 0.3 is 0 Å². The summed E-state index contributed by atoms with van der Waals surface area (Å²) in [4.78, 5) is 12.1. The molecule has 3 atom stereocenters. The average Bonchev–Trinajstić information content (AvgIpc) is 3.22. The minimum atomic E-state index is -0.213. The fourth-order valence-electron chi connectivity index (χ4n) is 3.73. The zero-order valence-corrected chi connectivity index (χ0v) is 19.3.